The average Bonchev–Trinajstić information content (AvgIpc) is 3.24. The predicted octanol–water partition coefficient (Wildman–Crippen LogP) is 3.63. The zero-order valence-electron chi connectivity index (χ0n) is 13.7. The molecule has 2 fully saturated rings. The summed E-state index contributed by atoms with van der Waals surface area (Å²) in [5.74, 6) is 1.33. The van der Waals surface area contributed by atoms with Crippen LogP contribution < -0.4 is 0 Å². The number of ether oxygens (including phenoxy) is 1. The molecule has 2 aliphatic heterocycles. The lowest BCUT2D eigenvalue weighted by Crippen LogP contribution is -2.43. The standard InChI is InChI=1S/C17H23N3O2S/c1-12-4-10-23-15(12)11-20-8-6-17(7-9-20)5-3-14(21-17)16-18-13(2)19-22-16/h4,10,14H,3,5-9,11H2,1-2H3/t14-/m0/s1. The third-order valence-corrected chi connectivity index (χ3v) is 6.18. The second-order valence-electron chi connectivity index (χ2n) is 6.81. The molecular weight excluding hydrogens is 310 g/mol. The summed E-state index contributed by atoms with van der Waals surface area (Å²) < 4.78 is 11.7. The molecule has 1 spiro atoms. The van der Waals surface area contributed by atoms with Crippen molar-refractivity contribution in [2.45, 2.75) is 57.8 Å². The highest BCUT2D eigenvalue weighted by molar-refractivity contribution is 7.10. The molecule has 0 unspecified atom stereocenters. The van der Waals surface area contributed by atoms with Crippen molar-refractivity contribution < 1.29 is 9.26 Å². The van der Waals surface area contributed by atoms with E-state index in [1.165, 1.54) is 10.4 Å². The highest BCUT2D eigenvalue weighted by Crippen LogP contribution is 2.44. The lowest BCUT2D eigenvalue weighted by atomic mass is 9.88. The molecule has 1 atom stereocenters. The maximum absolute atomic E-state index is 6.38. The van der Waals surface area contributed by atoms with E-state index in [2.05, 4.69) is 33.4 Å². The zero-order valence-corrected chi connectivity index (χ0v) is 14.6. The summed E-state index contributed by atoms with van der Waals surface area (Å²) in [4.78, 5) is 8.38. The smallest absolute Gasteiger partial charge is 0.255 e. The maximum Gasteiger partial charge on any atom is 0.255 e. The maximum atomic E-state index is 6.38. The van der Waals surface area contributed by atoms with Crippen LogP contribution in [0, 0.1) is 13.8 Å². The second kappa shape index (κ2) is 6.00. The molecule has 0 N–H and O–H groups in total. The first kappa shape index (κ1) is 15.3. The van der Waals surface area contributed by atoms with Gasteiger partial charge in [-0.25, -0.2) is 0 Å². The Balaban J connectivity index is 1.35. The topological polar surface area (TPSA) is 51.4 Å². The Labute approximate surface area is 140 Å². The van der Waals surface area contributed by atoms with Crippen LogP contribution in [0.15, 0.2) is 16.0 Å². The van der Waals surface area contributed by atoms with Gasteiger partial charge in [-0.15, -0.1) is 11.3 Å². The number of hydrogen-bond acceptors (Lipinski definition) is 6. The molecule has 0 bridgehead atoms. The molecule has 6 heteroatoms. The number of nitrogens with zero attached hydrogens (tertiary/aromatic N) is 3. The molecule has 0 radical (unpaired) electrons. The number of aryl methyl sites for hydroxylation is 2. The van der Waals surface area contributed by atoms with Gasteiger partial charge in [-0.3, -0.25) is 4.90 Å². The zero-order chi connectivity index (χ0) is 15.9. The Kier molecular flexibility index (Phi) is 3.99. The molecule has 5 nitrogen and oxygen atoms in total. The van der Waals surface area contributed by atoms with E-state index in [0.29, 0.717) is 11.7 Å². The lowest BCUT2D eigenvalue weighted by molar-refractivity contribution is -0.0868. The molecule has 23 heavy (non-hydrogen) atoms. The van der Waals surface area contributed by atoms with Crippen LogP contribution in [0.4, 0.5) is 0 Å². The SMILES string of the molecule is Cc1noc([C@@H]2CCC3(CCN(Cc4sccc4C)CC3)O2)n1. The van der Waals surface area contributed by atoms with Crippen molar-refractivity contribution in [3.63, 3.8) is 0 Å². The third-order valence-electron chi connectivity index (χ3n) is 5.18. The molecule has 0 aliphatic carbocycles. The number of likely N-dealkylation sites (tertiary alicyclic amines) is 1. The van der Waals surface area contributed by atoms with Crippen molar-refractivity contribution in [2.24, 2.45) is 0 Å². The van der Waals surface area contributed by atoms with E-state index in [4.69, 9.17) is 9.26 Å². The van der Waals surface area contributed by atoms with E-state index in [0.717, 1.165) is 45.3 Å². The Morgan fingerprint density at radius 3 is 2.78 bits per heavy atom. The molecule has 2 aliphatic rings. The largest absolute Gasteiger partial charge is 0.362 e. The molecule has 2 aromatic heterocycles. The van der Waals surface area contributed by atoms with Gasteiger partial charge in [-0.05, 0) is 56.5 Å². The van der Waals surface area contributed by atoms with Crippen LogP contribution in [-0.2, 0) is 11.3 Å². The summed E-state index contributed by atoms with van der Waals surface area (Å²) >= 11 is 1.87. The summed E-state index contributed by atoms with van der Waals surface area (Å²) in [5.41, 5.74) is 1.44. The van der Waals surface area contributed by atoms with Crippen LogP contribution in [0.25, 0.3) is 0 Å². The van der Waals surface area contributed by atoms with Gasteiger partial charge in [-0.2, -0.15) is 4.98 Å². The Bertz CT molecular complexity index is 673. The van der Waals surface area contributed by atoms with Crippen molar-refractivity contribution >= 4 is 11.3 Å². The van der Waals surface area contributed by atoms with Crippen LogP contribution in [0.5, 0.6) is 0 Å². The van der Waals surface area contributed by atoms with Gasteiger partial charge in [0, 0.05) is 24.5 Å². The summed E-state index contributed by atoms with van der Waals surface area (Å²) in [5, 5.41) is 6.07. The lowest BCUT2D eigenvalue weighted by Gasteiger charge is -2.38. The van der Waals surface area contributed by atoms with E-state index in [-0.39, 0.29) is 11.7 Å². The summed E-state index contributed by atoms with van der Waals surface area (Å²) in [6, 6.07) is 2.21. The normalized spacial score (nSPS) is 24.5. The molecule has 0 aromatic carbocycles. The first-order valence-corrected chi connectivity index (χ1v) is 9.25. The van der Waals surface area contributed by atoms with Crippen LogP contribution >= 0.6 is 11.3 Å². The fourth-order valence-corrected chi connectivity index (χ4v) is 4.63. The van der Waals surface area contributed by atoms with E-state index in [9.17, 15) is 0 Å². The molecular formula is C17H23N3O2S. The Hall–Kier alpha value is -1.24. The van der Waals surface area contributed by atoms with Crippen molar-refractivity contribution in [2.75, 3.05) is 13.1 Å². The summed E-state index contributed by atoms with van der Waals surface area (Å²) in [7, 11) is 0. The first-order valence-electron chi connectivity index (χ1n) is 8.37. The minimum atomic E-state index is -0.0118. The first-order chi connectivity index (χ1) is 11.1. The third kappa shape index (κ3) is 3.07. The Morgan fingerprint density at radius 2 is 2.13 bits per heavy atom. The van der Waals surface area contributed by atoms with E-state index in [1.54, 1.807) is 0 Å². The van der Waals surface area contributed by atoms with Crippen LogP contribution in [0.3, 0.4) is 0 Å². The van der Waals surface area contributed by atoms with Crippen molar-refractivity contribution in [3.8, 4) is 0 Å². The molecule has 4 heterocycles. The van der Waals surface area contributed by atoms with Gasteiger partial charge in [-0.1, -0.05) is 5.16 Å². The molecule has 0 saturated carbocycles. The molecule has 2 aromatic rings. The van der Waals surface area contributed by atoms with E-state index in [1.807, 2.05) is 18.3 Å². The van der Waals surface area contributed by atoms with E-state index >= 15 is 0 Å². The van der Waals surface area contributed by atoms with Gasteiger partial charge in [0.25, 0.3) is 5.89 Å². The van der Waals surface area contributed by atoms with Gasteiger partial charge in [0.15, 0.2) is 5.82 Å². The van der Waals surface area contributed by atoms with Crippen LogP contribution in [0.2, 0.25) is 0 Å². The monoisotopic (exact) mass is 333 g/mol. The predicted molar refractivity (Wildman–Crippen MR) is 88.4 cm³/mol. The summed E-state index contributed by atoms with van der Waals surface area (Å²) in [6.45, 7) is 7.34. The quantitative estimate of drug-likeness (QED) is 0.858. The molecule has 4 rings (SSSR count). The van der Waals surface area contributed by atoms with Gasteiger partial charge in [0.05, 0.1) is 5.60 Å². The second-order valence-corrected chi connectivity index (χ2v) is 7.81. The minimum Gasteiger partial charge on any atom is -0.362 e. The van der Waals surface area contributed by atoms with Crippen molar-refractivity contribution in [3.05, 3.63) is 33.6 Å². The van der Waals surface area contributed by atoms with Crippen LogP contribution in [-0.4, -0.2) is 33.7 Å². The Morgan fingerprint density at radius 1 is 1.30 bits per heavy atom. The summed E-state index contributed by atoms with van der Waals surface area (Å²) in [6.07, 6.45) is 4.28. The molecule has 2 saturated heterocycles. The van der Waals surface area contributed by atoms with Gasteiger partial charge < -0.3 is 9.26 Å². The fraction of sp³-hybridized carbons (Fsp3) is 0.647. The van der Waals surface area contributed by atoms with Gasteiger partial charge >= 0.3 is 0 Å². The number of thiophene rings is 1. The van der Waals surface area contributed by atoms with Gasteiger partial charge in [0.2, 0.25) is 0 Å². The highest BCUT2D eigenvalue weighted by atomic mass is 32.1. The minimum absolute atomic E-state index is 0.0118. The number of aromatic nitrogens is 2. The highest BCUT2D eigenvalue weighted by Gasteiger charge is 2.44. The van der Waals surface area contributed by atoms with Crippen LogP contribution in [0.1, 0.15) is 53.9 Å². The van der Waals surface area contributed by atoms with Crippen molar-refractivity contribution in [1.82, 2.24) is 15.0 Å². The number of hydrogen-bond donors (Lipinski definition) is 0. The number of rotatable bonds is 3. The molecule has 124 valence electrons. The average molecular weight is 333 g/mol. The number of piperidine rings is 1. The van der Waals surface area contributed by atoms with Gasteiger partial charge in [0.1, 0.15) is 6.10 Å². The molecule has 0 amide bonds. The fourth-order valence-electron chi connectivity index (χ4n) is 3.69. The van der Waals surface area contributed by atoms with Crippen molar-refractivity contribution in [1.29, 1.82) is 0 Å². The van der Waals surface area contributed by atoms with E-state index < -0.39 is 0 Å².